The summed E-state index contributed by atoms with van der Waals surface area (Å²) < 4.78 is 0. The van der Waals surface area contributed by atoms with Gasteiger partial charge in [-0.2, -0.15) is 0 Å². The molecule has 1 aliphatic heterocycles. The summed E-state index contributed by atoms with van der Waals surface area (Å²) in [5.41, 5.74) is 0. The molecule has 2 rings (SSSR count). The SMILES string of the molecule is CNCC(C)C(=O)N1CCC(C)C2CCCCC21. The van der Waals surface area contributed by atoms with Crippen LogP contribution < -0.4 is 5.32 Å². The minimum atomic E-state index is 0.117. The van der Waals surface area contributed by atoms with Crippen LogP contribution in [0.15, 0.2) is 0 Å². The topological polar surface area (TPSA) is 32.3 Å². The van der Waals surface area contributed by atoms with Gasteiger partial charge in [-0.15, -0.1) is 0 Å². The minimum absolute atomic E-state index is 0.117. The van der Waals surface area contributed by atoms with E-state index in [1.54, 1.807) is 0 Å². The van der Waals surface area contributed by atoms with Gasteiger partial charge in [0.2, 0.25) is 5.91 Å². The van der Waals surface area contributed by atoms with Crippen molar-refractivity contribution in [3.8, 4) is 0 Å². The van der Waals surface area contributed by atoms with Crippen molar-refractivity contribution in [2.75, 3.05) is 20.1 Å². The number of fused-ring (bicyclic) bond motifs is 1. The lowest BCUT2D eigenvalue weighted by Gasteiger charge is -2.48. The van der Waals surface area contributed by atoms with Gasteiger partial charge in [0.15, 0.2) is 0 Å². The highest BCUT2D eigenvalue weighted by Gasteiger charge is 2.40. The maximum absolute atomic E-state index is 12.5. The maximum atomic E-state index is 12.5. The number of hydrogen-bond acceptors (Lipinski definition) is 2. The van der Waals surface area contributed by atoms with Gasteiger partial charge < -0.3 is 10.2 Å². The highest BCUT2D eigenvalue weighted by Crippen LogP contribution is 2.39. The first kappa shape index (κ1) is 13.9. The molecule has 1 amide bonds. The van der Waals surface area contributed by atoms with Crippen LogP contribution in [0.1, 0.15) is 46.0 Å². The van der Waals surface area contributed by atoms with Crippen LogP contribution in [-0.4, -0.2) is 37.0 Å². The number of nitrogens with zero attached hydrogens (tertiary/aromatic N) is 1. The summed E-state index contributed by atoms with van der Waals surface area (Å²) in [5, 5.41) is 3.12. The molecule has 2 aliphatic rings. The lowest BCUT2D eigenvalue weighted by Crippen LogP contribution is -2.54. The Hall–Kier alpha value is -0.570. The molecule has 1 saturated carbocycles. The molecule has 3 nitrogen and oxygen atoms in total. The highest BCUT2D eigenvalue weighted by molar-refractivity contribution is 5.79. The van der Waals surface area contributed by atoms with Crippen molar-refractivity contribution >= 4 is 5.91 Å². The van der Waals surface area contributed by atoms with E-state index in [1.165, 1.54) is 32.1 Å². The van der Waals surface area contributed by atoms with Gasteiger partial charge in [-0.3, -0.25) is 4.79 Å². The van der Waals surface area contributed by atoms with E-state index < -0.39 is 0 Å². The molecule has 2 fully saturated rings. The van der Waals surface area contributed by atoms with E-state index in [0.717, 1.165) is 24.9 Å². The monoisotopic (exact) mass is 252 g/mol. The van der Waals surface area contributed by atoms with Crippen LogP contribution in [0.3, 0.4) is 0 Å². The number of piperidine rings is 1. The van der Waals surface area contributed by atoms with Crippen LogP contribution in [0, 0.1) is 17.8 Å². The molecule has 4 unspecified atom stereocenters. The fraction of sp³-hybridized carbons (Fsp3) is 0.933. The Balaban J connectivity index is 2.05. The van der Waals surface area contributed by atoms with Crippen LogP contribution in [0.5, 0.6) is 0 Å². The van der Waals surface area contributed by atoms with Gasteiger partial charge in [0.25, 0.3) is 0 Å². The minimum Gasteiger partial charge on any atom is -0.339 e. The average Bonchev–Trinajstić information content (AvgIpc) is 2.39. The second kappa shape index (κ2) is 6.05. The van der Waals surface area contributed by atoms with Crippen LogP contribution >= 0.6 is 0 Å². The Labute approximate surface area is 111 Å². The number of rotatable bonds is 3. The molecule has 0 aromatic rings. The molecule has 3 heteroatoms. The quantitative estimate of drug-likeness (QED) is 0.835. The van der Waals surface area contributed by atoms with Gasteiger partial charge in [0, 0.05) is 25.0 Å². The summed E-state index contributed by atoms with van der Waals surface area (Å²) in [5.74, 6) is 2.05. The summed E-state index contributed by atoms with van der Waals surface area (Å²) in [6.07, 6.45) is 6.42. The summed E-state index contributed by atoms with van der Waals surface area (Å²) in [6, 6.07) is 0.536. The van der Waals surface area contributed by atoms with Crippen molar-refractivity contribution in [1.29, 1.82) is 0 Å². The van der Waals surface area contributed by atoms with E-state index in [9.17, 15) is 4.79 Å². The van der Waals surface area contributed by atoms with E-state index in [4.69, 9.17) is 0 Å². The van der Waals surface area contributed by atoms with Crippen molar-refractivity contribution in [1.82, 2.24) is 10.2 Å². The van der Waals surface area contributed by atoms with Crippen LogP contribution in [-0.2, 0) is 4.79 Å². The summed E-state index contributed by atoms with van der Waals surface area (Å²) >= 11 is 0. The fourth-order valence-electron chi connectivity index (χ4n) is 3.86. The lowest BCUT2D eigenvalue weighted by molar-refractivity contribution is -0.142. The third kappa shape index (κ3) is 2.71. The van der Waals surface area contributed by atoms with Crippen molar-refractivity contribution in [3.05, 3.63) is 0 Å². The van der Waals surface area contributed by atoms with E-state index in [-0.39, 0.29) is 5.92 Å². The number of likely N-dealkylation sites (tertiary alicyclic amines) is 1. The Morgan fingerprint density at radius 1 is 1.33 bits per heavy atom. The molecule has 4 atom stereocenters. The molecule has 0 radical (unpaired) electrons. The number of hydrogen-bond donors (Lipinski definition) is 1. The van der Waals surface area contributed by atoms with Crippen molar-refractivity contribution in [2.24, 2.45) is 17.8 Å². The molecule has 1 N–H and O–H groups in total. The van der Waals surface area contributed by atoms with Gasteiger partial charge in [-0.1, -0.05) is 26.7 Å². The molecule has 1 saturated heterocycles. The van der Waals surface area contributed by atoms with Gasteiger partial charge in [-0.05, 0) is 38.1 Å². The molecule has 0 bridgehead atoms. The first-order valence-electron chi connectivity index (χ1n) is 7.60. The summed E-state index contributed by atoms with van der Waals surface area (Å²) in [6.45, 7) is 6.20. The highest BCUT2D eigenvalue weighted by atomic mass is 16.2. The zero-order chi connectivity index (χ0) is 13.1. The van der Waals surface area contributed by atoms with Crippen LogP contribution in [0.25, 0.3) is 0 Å². The predicted molar refractivity (Wildman–Crippen MR) is 74.3 cm³/mol. The van der Waals surface area contributed by atoms with Gasteiger partial charge in [0.1, 0.15) is 0 Å². The standard InChI is InChI=1S/C15H28N2O/c1-11-8-9-17(15(18)12(2)10-16-3)14-7-5-4-6-13(11)14/h11-14,16H,4-10H2,1-3H3. The smallest absolute Gasteiger partial charge is 0.226 e. The van der Waals surface area contributed by atoms with Gasteiger partial charge >= 0.3 is 0 Å². The molecular weight excluding hydrogens is 224 g/mol. The largest absolute Gasteiger partial charge is 0.339 e. The zero-order valence-electron chi connectivity index (χ0n) is 12.1. The van der Waals surface area contributed by atoms with Crippen molar-refractivity contribution in [2.45, 2.75) is 52.0 Å². The van der Waals surface area contributed by atoms with Crippen LogP contribution in [0.4, 0.5) is 0 Å². The van der Waals surface area contributed by atoms with Crippen LogP contribution in [0.2, 0.25) is 0 Å². The molecule has 1 heterocycles. The van der Waals surface area contributed by atoms with Crippen molar-refractivity contribution in [3.63, 3.8) is 0 Å². The van der Waals surface area contributed by atoms with E-state index in [0.29, 0.717) is 11.9 Å². The van der Waals surface area contributed by atoms with E-state index in [1.807, 2.05) is 7.05 Å². The van der Waals surface area contributed by atoms with E-state index in [2.05, 4.69) is 24.1 Å². The molecule has 104 valence electrons. The lowest BCUT2D eigenvalue weighted by atomic mass is 9.72. The van der Waals surface area contributed by atoms with Crippen molar-refractivity contribution < 1.29 is 4.79 Å². The second-order valence-corrected chi connectivity index (χ2v) is 6.27. The van der Waals surface area contributed by atoms with Gasteiger partial charge in [-0.25, -0.2) is 0 Å². The molecule has 0 aromatic heterocycles. The third-order valence-corrected chi connectivity index (χ3v) is 4.95. The van der Waals surface area contributed by atoms with Gasteiger partial charge in [0.05, 0.1) is 0 Å². The molecular formula is C15H28N2O. The first-order chi connectivity index (χ1) is 8.65. The Morgan fingerprint density at radius 3 is 2.78 bits per heavy atom. The molecule has 0 aromatic carbocycles. The Kier molecular flexibility index (Phi) is 4.66. The molecule has 18 heavy (non-hydrogen) atoms. The Bertz CT molecular complexity index is 292. The molecule has 0 spiro atoms. The summed E-state index contributed by atoms with van der Waals surface area (Å²) in [4.78, 5) is 14.7. The number of amides is 1. The average molecular weight is 252 g/mol. The normalized spacial score (nSPS) is 33.9. The zero-order valence-corrected chi connectivity index (χ0v) is 12.1. The predicted octanol–water partition coefficient (Wildman–Crippen LogP) is 2.27. The fourth-order valence-corrected chi connectivity index (χ4v) is 3.86. The number of carbonyl (C=O) groups is 1. The Morgan fingerprint density at radius 2 is 2.06 bits per heavy atom. The third-order valence-electron chi connectivity index (χ3n) is 4.95. The molecule has 1 aliphatic carbocycles. The number of carbonyl (C=O) groups excluding carboxylic acids is 1. The van der Waals surface area contributed by atoms with E-state index >= 15 is 0 Å². The first-order valence-corrected chi connectivity index (χ1v) is 7.60. The number of nitrogens with one attached hydrogen (secondary N) is 1. The second-order valence-electron chi connectivity index (χ2n) is 6.27. The maximum Gasteiger partial charge on any atom is 0.226 e. The summed E-state index contributed by atoms with van der Waals surface area (Å²) in [7, 11) is 1.92.